The van der Waals surface area contributed by atoms with Crippen LogP contribution in [0.5, 0.6) is 5.75 Å². The number of carbonyl (C=O) groups excluding carboxylic acids is 4. The number of carbonyl (C=O) groups is 4. The number of fused-ring (bicyclic) bond motifs is 3. The molecule has 1 N–H and O–H groups in total. The van der Waals surface area contributed by atoms with E-state index in [2.05, 4.69) is 4.90 Å². The summed E-state index contributed by atoms with van der Waals surface area (Å²) in [6.07, 6.45) is 3.87. The van der Waals surface area contributed by atoms with E-state index in [-0.39, 0.29) is 40.6 Å². The Labute approximate surface area is 247 Å². The quantitative estimate of drug-likeness (QED) is 0.321. The number of morpholine rings is 1. The van der Waals surface area contributed by atoms with Crippen molar-refractivity contribution in [1.82, 2.24) is 0 Å². The van der Waals surface area contributed by atoms with Gasteiger partial charge in [0.2, 0.25) is 11.8 Å². The summed E-state index contributed by atoms with van der Waals surface area (Å²) in [4.78, 5) is 58.2. The van der Waals surface area contributed by atoms with Crippen molar-refractivity contribution in [1.29, 1.82) is 0 Å². The standard InChI is InChI=1S/C33H29ClN2O6/c1-17-14-27(38)30-25(31(17)39)16-24-21(28(30)22-7-6-20(37)15-26(22)34)8-9-23-29(24)33(41)36(32(23)40)19-4-2-18(3-5-19)35-10-12-42-13-11-35/h2-8,14-15,23-24,28-29,37H,9-13,16H2,1H3. The number of hydrogen-bond donors (Lipinski definition) is 1. The third-order valence-corrected chi connectivity index (χ3v) is 9.67. The van der Waals surface area contributed by atoms with Gasteiger partial charge < -0.3 is 14.7 Å². The Morgan fingerprint density at radius 3 is 2.36 bits per heavy atom. The van der Waals surface area contributed by atoms with Crippen molar-refractivity contribution in [3.05, 3.63) is 87.5 Å². The predicted octanol–water partition coefficient (Wildman–Crippen LogP) is 4.52. The van der Waals surface area contributed by atoms with Crippen molar-refractivity contribution < 1.29 is 29.0 Å². The van der Waals surface area contributed by atoms with Crippen molar-refractivity contribution in [3.8, 4) is 5.75 Å². The molecule has 5 aliphatic rings. The van der Waals surface area contributed by atoms with Crippen LogP contribution in [0.4, 0.5) is 11.4 Å². The zero-order valence-electron chi connectivity index (χ0n) is 23.0. The Hall–Kier alpha value is -4.01. The minimum absolute atomic E-state index is 0.0170. The lowest BCUT2D eigenvalue weighted by atomic mass is 9.59. The number of halogens is 1. The molecule has 0 saturated carbocycles. The molecule has 2 heterocycles. The fourth-order valence-electron chi connectivity index (χ4n) is 7.38. The van der Waals surface area contributed by atoms with E-state index >= 15 is 0 Å². The Balaban J connectivity index is 1.27. The highest BCUT2D eigenvalue weighted by molar-refractivity contribution is 6.32. The van der Waals surface area contributed by atoms with Crippen molar-refractivity contribution >= 4 is 46.4 Å². The molecule has 2 amide bonds. The maximum Gasteiger partial charge on any atom is 0.238 e. The summed E-state index contributed by atoms with van der Waals surface area (Å²) in [6.45, 7) is 4.49. The van der Waals surface area contributed by atoms with Gasteiger partial charge in [-0.1, -0.05) is 29.3 Å². The van der Waals surface area contributed by atoms with Crippen LogP contribution in [0, 0.1) is 17.8 Å². The van der Waals surface area contributed by atoms with Crippen LogP contribution in [0.1, 0.15) is 31.2 Å². The van der Waals surface area contributed by atoms with Gasteiger partial charge in [0.05, 0.1) is 30.7 Å². The minimum Gasteiger partial charge on any atom is -0.508 e. The minimum atomic E-state index is -0.669. The summed E-state index contributed by atoms with van der Waals surface area (Å²) in [7, 11) is 0. The molecule has 4 unspecified atom stereocenters. The summed E-state index contributed by atoms with van der Waals surface area (Å²) in [5.41, 5.74) is 4.03. The maximum atomic E-state index is 14.1. The molecule has 3 aliphatic carbocycles. The average Bonchev–Trinajstić information content (AvgIpc) is 3.25. The van der Waals surface area contributed by atoms with Gasteiger partial charge in [-0.25, -0.2) is 0 Å². The van der Waals surface area contributed by atoms with E-state index in [0.717, 1.165) is 24.4 Å². The van der Waals surface area contributed by atoms with E-state index in [1.165, 1.54) is 23.1 Å². The zero-order chi connectivity index (χ0) is 29.3. The van der Waals surface area contributed by atoms with Gasteiger partial charge in [-0.3, -0.25) is 24.1 Å². The first-order chi connectivity index (χ1) is 20.2. The number of amides is 2. The topological polar surface area (TPSA) is 104 Å². The number of anilines is 2. The number of phenols is 1. The number of imide groups is 1. The number of allylic oxidation sites excluding steroid dienone is 6. The van der Waals surface area contributed by atoms with Crippen molar-refractivity contribution in [3.63, 3.8) is 0 Å². The second kappa shape index (κ2) is 10.1. The van der Waals surface area contributed by atoms with Crippen molar-refractivity contribution in [2.75, 3.05) is 36.1 Å². The molecule has 8 nitrogen and oxygen atoms in total. The molecule has 2 aliphatic heterocycles. The number of benzene rings is 2. The van der Waals surface area contributed by atoms with Gasteiger partial charge in [0.15, 0.2) is 11.6 Å². The van der Waals surface area contributed by atoms with Gasteiger partial charge in [-0.15, -0.1) is 0 Å². The van der Waals surface area contributed by atoms with Crippen LogP contribution in [-0.2, 0) is 23.9 Å². The highest BCUT2D eigenvalue weighted by Gasteiger charge is 2.56. The van der Waals surface area contributed by atoms with Crippen molar-refractivity contribution in [2.24, 2.45) is 17.8 Å². The van der Waals surface area contributed by atoms with Gasteiger partial charge in [0, 0.05) is 46.4 Å². The third kappa shape index (κ3) is 4.07. The number of nitrogens with zero attached hydrogens (tertiary/aromatic N) is 2. The summed E-state index contributed by atoms with van der Waals surface area (Å²) >= 11 is 6.61. The van der Waals surface area contributed by atoms with Gasteiger partial charge in [-0.05, 0) is 73.7 Å². The smallest absolute Gasteiger partial charge is 0.238 e. The second-order valence-electron chi connectivity index (χ2n) is 11.6. The molecule has 2 aromatic rings. The van der Waals surface area contributed by atoms with E-state index in [9.17, 15) is 24.3 Å². The molecule has 0 aromatic heterocycles. The Kier molecular flexibility index (Phi) is 6.44. The largest absolute Gasteiger partial charge is 0.508 e. The lowest BCUT2D eigenvalue weighted by molar-refractivity contribution is -0.123. The molecular weight excluding hydrogens is 556 g/mol. The maximum absolute atomic E-state index is 14.1. The molecule has 7 rings (SSSR count). The van der Waals surface area contributed by atoms with E-state index in [4.69, 9.17) is 16.3 Å². The number of aromatic hydroxyl groups is 1. The normalized spacial score (nSPS) is 27.5. The van der Waals surface area contributed by atoms with Crippen LogP contribution in [0.3, 0.4) is 0 Å². The van der Waals surface area contributed by atoms with Gasteiger partial charge >= 0.3 is 0 Å². The van der Waals surface area contributed by atoms with E-state index in [1.54, 1.807) is 13.0 Å². The fourth-order valence-corrected chi connectivity index (χ4v) is 7.66. The van der Waals surface area contributed by atoms with Gasteiger partial charge in [0.25, 0.3) is 0 Å². The number of rotatable bonds is 3. The highest BCUT2D eigenvalue weighted by atomic mass is 35.5. The van der Waals surface area contributed by atoms with Crippen LogP contribution in [0.2, 0.25) is 5.02 Å². The summed E-state index contributed by atoms with van der Waals surface area (Å²) in [5, 5.41) is 10.3. The van der Waals surface area contributed by atoms with Crippen LogP contribution in [-0.4, -0.2) is 54.8 Å². The van der Waals surface area contributed by atoms with Gasteiger partial charge in [-0.2, -0.15) is 0 Å². The zero-order valence-corrected chi connectivity index (χ0v) is 23.8. The molecule has 42 heavy (non-hydrogen) atoms. The fraction of sp³-hybridized carbons (Fsp3) is 0.333. The predicted molar refractivity (Wildman–Crippen MR) is 156 cm³/mol. The SMILES string of the molecule is CC1=CC(=O)C2=C(CC3C(=CCC4C(=O)N(c5ccc(N6CCOCC6)cc5)C(=O)C43)C2c2ccc(O)cc2Cl)C1=O. The Morgan fingerprint density at radius 1 is 0.929 bits per heavy atom. The van der Waals surface area contributed by atoms with Crippen LogP contribution >= 0.6 is 11.6 Å². The summed E-state index contributed by atoms with van der Waals surface area (Å²) in [6, 6.07) is 12.0. The number of ketones is 2. The molecule has 0 bridgehead atoms. The monoisotopic (exact) mass is 584 g/mol. The molecule has 0 spiro atoms. The number of Topliss-reactive ketones (excluding diaryl/α,β-unsaturated/α-hetero) is 1. The number of phenolic OH excluding ortho intramolecular Hbond substituents is 1. The summed E-state index contributed by atoms with van der Waals surface area (Å²) in [5.74, 6) is -3.37. The van der Waals surface area contributed by atoms with Crippen LogP contribution in [0.15, 0.2) is 76.9 Å². The highest BCUT2D eigenvalue weighted by Crippen LogP contribution is 2.56. The molecule has 214 valence electrons. The van der Waals surface area contributed by atoms with E-state index in [1.807, 2.05) is 30.3 Å². The lowest BCUT2D eigenvalue weighted by Crippen LogP contribution is -2.40. The molecule has 2 aromatic carbocycles. The van der Waals surface area contributed by atoms with Crippen LogP contribution < -0.4 is 9.80 Å². The average molecular weight is 585 g/mol. The van der Waals surface area contributed by atoms with Gasteiger partial charge in [0.1, 0.15) is 5.75 Å². The number of hydrogen-bond acceptors (Lipinski definition) is 7. The van der Waals surface area contributed by atoms with Crippen molar-refractivity contribution in [2.45, 2.75) is 25.7 Å². The molecule has 4 atom stereocenters. The second-order valence-corrected chi connectivity index (χ2v) is 12.0. The first-order valence-corrected chi connectivity index (χ1v) is 14.6. The first kappa shape index (κ1) is 26.9. The van der Waals surface area contributed by atoms with E-state index < -0.39 is 23.7 Å². The molecular formula is C33H29ClN2O6. The third-order valence-electron chi connectivity index (χ3n) is 9.34. The Morgan fingerprint density at radius 2 is 1.64 bits per heavy atom. The first-order valence-electron chi connectivity index (χ1n) is 14.2. The molecule has 0 radical (unpaired) electrons. The molecule has 2 saturated heterocycles. The van der Waals surface area contributed by atoms with E-state index in [0.29, 0.717) is 47.6 Å². The lowest BCUT2D eigenvalue weighted by Gasteiger charge is -2.42. The number of ether oxygens (including phenoxy) is 1. The Bertz CT molecular complexity index is 1650. The molecule has 9 heteroatoms. The summed E-state index contributed by atoms with van der Waals surface area (Å²) < 4.78 is 5.44. The molecule has 2 fully saturated rings. The van der Waals surface area contributed by atoms with Crippen LogP contribution in [0.25, 0.3) is 0 Å².